The average Bonchev–Trinajstić information content (AvgIpc) is 2.93. The molecule has 1 aromatic carbocycles. The average molecular weight is 410 g/mol. The number of anilines is 1. The summed E-state index contributed by atoms with van der Waals surface area (Å²) in [6.07, 6.45) is -3.65. The van der Waals surface area contributed by atoms with E-state index in [0.29, 0.717) is 47.5 Å². The van der Waals surface area contributed by atoms with Gasteiger partial charge in [0, 0.05) is 17.9 Å². The third-order valence-corrected chi connectivity index (χ3v) is 4.78. The first-order valence-electron chi connectivity index (χ1n) is 9.19. The van der Waals surface area contributed by atoms with Crippen LogP contribution in [0.1, 0.15) is 51.0 Å². The van der Waals surface area contributed by atoms with Crippen molar-refractivity contribution in [2.45, 2.75) is 40.0 Å². The number of carbonyl (C=O) groups excluding carboxylic acids is 2. The fourth-order valence-corrected chi connectivity index (χ4v) is 3.59. The van der Waals surface area contributed by atoms with Gasteiger partial charge in [-0.15, -0.1) is 13.2 Å². The number of aromatic nitrogens is 1. The highest BCUT2D eigenvalue weighted by Crippen LogP contribution is 2.34. The minimum atomic E-state index is -4.78. The second-order valence-electron chi connectivity index (χ2n) is 6.74. The molecule has 0 atom stereocenters. The number of hydrogen-bond acceptors (Lipinski definition) is 4. The second kappa shape index (κ2) is 7.81. The molecule has 29 heavy (non-hydrogen) atoms. The first kappa shape index (κ1) is 20.8. The summed E-state index contributed by atoms with van der Waals surface area (Å²) >= 11 is 0. The van der Waals surface area contributed by atoms with Crippen molar-refractivity contribution in [3.8, 4) is 5.75 Å². The van der Waals surface area contributed by atoms with Crippen molar-refractivity contribution in [1.29, 1.82) is 0 Å². The Morgan fingerprint density at radius 3 is 2.62 bits per heavy atom. The molecule has 0 radical (unpaired) electrons. The first-order valence-corrected chi connectivity index (χ1v) is 9.19. The van der Waals surface area contributed by atoms with E-state index in [4.69, 9.17) is 4.74 Å². The number of aromatic amines is 1. The Bertz CT molecular complexity index is 950. The van der Waals surface area contributed by atoms with E-state index in [-0.39, 0.29) is 24.0 Å². The molecule has 1 aliphatic rings. The molecule has 0 fully saturated rings. The summed E-state index contributed by atoms with van der Waals surface area (Å²) in [7, 11) is 0. The number of amides is 1. The van der Waals surface area contributed by atoms with Gasteiger partial charge in [-0.25, -0.2) is 4.79 Å². The van der Waals surface area contributed by atoms with Crippen LogP contribution in [0.25, 0.3) is 0 Å². The molecule has 0 unspecified atom stereocenters. The molecule has 9 heteroatoms. The number of fused-ring (bicyclic) bond motifs is 1. The molecule has 0 saturated carbocycles. The number of benzene rings is 1. The molecule has 2 heterocycles. The third-order valence-electron chi connectivity index (χ3n) is 4.78. The van der Waals surface area contributed by atoms with Crippen LogP contribution in [0.2, 0.25) is 0 Å². The Morgan fingerprint density at radius 1 is 1.24 bits per heavy atom. The summed E-state index contributed by atoms with van der Waals surface area (Å²) in [6, 6.07) is 3.94. The summed E-state index contributed by atoms with van der Waals surface area (Å²) < 4.78 is 46.4. The molecule has 1 aliphatic heterocycles. The number of hydrogen-bond donors (Lipinski definition) is 1. The van der Waals surface area contributed by atoms with Gasteiger partial charge in [0.25, 0.3) is 5.91 Å². The zero-order valence-corrected chi connectivity index (χ0v) is 16.3. The molecule has 0 spiro atoms. The molecule has 1 N–H and O–H groups in total. The highest BCUT2D eigenvalue weighted by Gasteiger charge is 2.33. The lowest BCUT2D eigenvalue weighted by atomic mass is 10.0. The maximum absolute atomic E-state index is 13.2. The van der Waals surface area contributed by atoms with Crippen molar-refractivity contribution in [3.63, 3.8) is 0 Å². The number of aryl methyl sites for hydroxylation is 2. The summed E-state index contributed by atoms with van der Waals surface area (Å²) in [6.45, 7) is 5.67. The van der Waals surface area contributed by atoms with Crippen molar-refractivity contribution in [1.82, 2.24) is 4.98 Å². The Balaban J connectivity index is 1.93. The van der Waals surface area contributed by atoms with Gasteiger partial charge in [-0.05, 0) is 62.9 Å². The van der Waals surface area contributed by atoms with E-state index < -0.39 is 12.3 Å². The van der Waals surface area contributed by atoms with Crippen molar-refractivity contribution < 1.29 is 32.2 Å². The normalized spacial score (nSPS) is 13.8. The number of nitrogens with zero attached hydrogens (tertiary/aromatic N) is 1. The predicted molar refractivity (Wildman–Crippen MR) is 99.3 cm³/mol. The number of halogens is 3. The molecule has 6 nitrogen and oxygen atoms in total. The number of ether oxygens (including phenoxy) is 2. The predicted octanol–water partition coefficient (Wildman–Crippen LogP) is 4.30. The highest BCUT2D eigenvalue weighted by atomic mass is 19.4. The van der Waals surface area contributed by atoms with Crippen molar-refractivity contribution in [2.75, 3.05) is 18.1 Å². The van der Waals surface area contributed by atoms with E-state index in [9.17, 15) is 22.8 Å². The fourth-order valence-electron chi connectivity index (χ4n) is 3.59. The Kier molecular flexibility index (Phi) is 5.59. The maximum Gasteiger partial charge on any atom is 0.573 e. The number of nitrogens with one attached hydrogen (secondary N) is 1. The van der Waals surface area contributed by atoms with Gasteiger partial charge in [0.15, 0.2) is 0 Å². The van der Waals surface area contributed by atoms with Crippen molar-refractivity contribution >= 4 is 17.6 Å². The van der Waals surface area contributed by atoms with Crippen LogP contribution in [-0.2, 0) is 11.2 Å². The van der Waals surface area contributed by atoms with Crippen LogP contribution in [0.4, 0.5) is 18.9 Å². The molecule has 0 saturated heterocycles. The van der Waals surface area contributed by atoms with Crippen LogP contribution in [0.15, 0.2) is 18.2 Å². The Hall–Kier alpha value is -2.97. The van der Waals surface area contributed by atoms with Gasteiger partial charge >= 0.3 is 12.3 Å². The van der Waals surface area contributed by atoms with E-state index in [2.05, 4.69) is 9.72 Å². The third kappa shape index (κ3) is 4.23. The summed E-state index contributed by atoms with van der Waals surface area (Å²) in [5.74, 6) is -1.18. The van der Waals surface area contributed by atoms with E-state index >= 15 is 0 Å². The second-order valence-corrected chi connectivity index (χ2v) is 6.74. The standard InChI is InChI=1S/C20H21F3N2O4/c1-4-28-19(27)16-11(2)17(24-12(16)3)18(26)25-9-5-6-13-10-14(7-8-15(13)25)29-20(21,22)23/h7-8,10,24H,4-6,9H2,1-3H3. The summed E-state index contributed by atoms with van der Waals surface area (Å²) in [5, 5.41) is 0. The summed E-state index contributed by atoms with van der Waals surface area (Å²) in [4.78, 5) is 29.8. The van der Waals surface area contributed by atoms with Crippen LogP contribution in [0.5, 0.6) is 5.75 Å². The lowest BCUT2D eigenvalue weighted by Crippen LogP contribution is -2.36. The highest BCUT2D eigenvalue weighted by molar-refractivity contribution is 6.08. The number of carbonyl (C=O) groups is 2. The SMILES string of the molecule is CCOC(=O)c1c(C)[nH]c(C(=O)N2CCCc3cc(OC(F)(F)F)ccc32)c1C. The van der Waals surface area contributed by atoms with Crippen molar-refractivity contribution in [3.05, 3.63) is 46.3 Å². The van der Waals surface area contributed by atoms with Gasteiger partial charge < -0.3 is 19.4 Å². The van der Waals surface area contributed by atoms with Crippen LogP contribution in [-0.4, -0.2) is 36.4 Å². The minimum Gasteiger partial charge on any atom is -0.462 e. The fraction of sp³-hybridized carbons (Fsp3) is 0.400. The van der Waals surface area contributed by atoms with Gasteiger partial charge in [-0.2, -0.15) is 0 Å². The van der Waals surface area contributed by atoms with E-state index in [1.165, 1.54) is 23.1 Å². The maximum atomic E-state index is 13.2. The molecule has 1 aromatic heterocycles. The minimum absolute atomic E-state index is 0.216. The van der Waals surface area contributed by atoms with Crippen molar-refractivity contribution in [2.24, 2.45) is 0 Å². The zero-order valence-electron chi connectivity index (χ0n) is 16.3. The van der Waals surface area contributed by atoms with Crippen LogP contribution < -0.4 is 9.64 Å². The van der Waals surface area contributed by atoms with E-state index in [0.717, 1.165) is 0 Å². The van der Waals surface area contributed by atoms with Gasteiger partial charge in [-0.3, -0.25) is 4.79 Å². The Labute approximate surface area is 165 Å². The number of alkyl halides is 3. The van der Waals surface area contributed by atoms with E-state index in [1.807, 2.05) is 0 Å². The molecule has 0 bridgehead atoms. The number of H-pyrrole nitrogens is 1. The van der Waals surface area contributed by atoms with Crippen LogP contribution in [0, 0.1) is 13.8 Å². The molecule has 2 aromatic rings. The smallest absolute Gasteiger partial charge is 0.462 e. The topological polar surface area (TPSA) is 71.6 Å². The van der Waals surface area contributed by atoms with Gasteiger partial charge in [-0.1, -0.05) is 0 Å². The Morgan fingerprint density at radius 2 is 1.97 bits per heavy atom. The van der Waals surface area contributed by atoms with Gasteiger partial charge in [0.05, 0.1) is 12.2 Å². The van der Waals surface area contributed by atoms with Crippen LogP contribution >= 0.6 is 0 Å². The monoisotopic (exact) mass is 410 g/mol. The molecular formula is C20H21F3N2O4. The quantitative estimate of drug-likeness (QED) is 0.763. The first-order chi connectivity index (χ1) is 13.6. The molecular weight excluding hydrogens is 389 g/mol. The largest absolute Gasteiger partial charge is 0.573 e. The van der Waals surface area contributed by atoms with E-state index in [1.54, 1.807) is 20.8 Å². The van der Waals surface area contributed by atoms with Crippen LogP contribution in [0.3, 0.4) is 0 Å². The molecule has 3 rings (SSSR count). The molecule has 156 valence electrons. The van der Waals surface area contributed by atoms with Gasteiger partial charge in [0.1, 0.15) is 11.4 Å². The zero-order chi connectivity index (χ0) is 21.3. The summed E-state index contributed by atoms with van der Waals surface area (Å²) in [5.41, 5.74) is 2.71. The number of rotatable bonds is 4. The molecule has 0 aliphatic carbocycles. The lowest BCUT2D eigenvalue weighted by Gasteiger charge is -2.30. The van der Waals surface area contributed by atoms with Gasteiger partial charge in [0.2, 0.25) is 0 Å². The lowest BCUT2D eigenvalue weighted by molar-refractivity contribution is -0.274. The number of esters is 1. The molecule has 1 amide bonds.